The Balaban J connectivity index is 1.79. The van der Waals surface area contributed by atoms with Gasteiger partial charge in [-0.2, -0.15) is 4.68 Å². The summed E-state index contributed by atoms with van der Waals surface area (Å²) < 4.78 is 1.68. The first-order valence-corrected chi connectivity index (χ1v) is 8.69. The van der Waals surface area contributed by atoms with Crippen molar-refractivity contribution in [1.29, 1.82) is 0 Å². The third-order valence-electron chi connectivity index (χ3n) is 3.59. The highest BCUT2D eigenvalue weighted by Crippen LogP contribution is 2.24. The van der Waals surface area contributed by atoms with Crippen molar-refractivity contribution >= 4 is 29.1 Å². The van der Waals surface area contributed by atoms with Gasteiger partial charge in [-0.05, 0) is 59.7 Å². The fraction of sp³-hybridized carbons (Fsp3) is 0.176. The molecule has 7 heteroatoms. The maximum absolute atomic E-state index is 12.3. The van der Waals surface area contributed by atoms with Crippen molar-refractivity contribution in [3.8, 4) is 5.69 Å². The smallest absolute Gasteiger partial charge is 0.214 e. The van der Waals surface area contributed by atoms with Gasteiger partial charge in [0.05, 0.1) is 11.4 Å². The number of thioether (sulfide) groups is 1. The number of halogens is 1. The molecule has 24 heavy (non-hydrogen) atoms. The molecule has 2 aromatic carbocycles. The van der Waals surface area contributed by atoms with Gasteiger partial charge in [0, 0.05) is 10.6 Å². The highest BCUT2D eigenvalue weighted by atomic mass is 35.5. The van der Waals surface area contributed by atoms with Gasteiger partial charge in [0.15, 0.2) is 5.78 Å². The quantitative estimate of drug-likeness (QED) is 0.511. The third-order valence-corrected chi connectivity index (χ3v) is 4.76. The zero-order chi connectivity index (χ0) is 17.1. The molecule has 0 spiro atoms. The second kappa shape index (κ2) is 7.15. The van der Waals surface area contributed by atoms with Crippen molar-refractivity contribution in [3.05, 3.63) is 64.2 Å². The van der Waals surface area contributed by atoms with E-state index in [1.165, 1.54) is 11.8 Å². The Kier molecular flexibility index (Phi) is 4.97. The van der Waals surface area contributed by atoms with Crippen LogP contribution in [0.1, 0.15) is 21.5 Å². The molecule has 0 amide bonds. The molecule has 0 radical (unpaired) electrons. The summed E-state index contributed by atoms with van der Waals surface area (Å²) in [5, 5.41) is 13.1. The van der Waals surface area contributed by atoms with Gasteiger partial charge in [0.1, 0.15) is 0 Å². The average Bonchev–Trinajstić information content (AvgIpc) is 3.01. The lowest BCUT2D eigenvalue weighted by Gasteiger charge is -2.10. The second-order valence-electron chi connectivity index (χ2n) is 5.33. The first-order chi connectivity index (χ1) is 11.6. The van der Waals surface area contributed by atoms with Crippen LogP contribution in [-0.2, 0) is 0 Å². The molecule has 3 rings (SSSR count). The van der Waals surface area contributed by atoms with Crippen LogP contribution in [-0.4, -0.2) is 31.7 Å². The largest absolute Gasteiger partial charge is 0.293 e. The van der Waals surface area contributed by atoms with Gasteiger partial charge in [-0.1, -0.05) is 41.6 Å². The SMILES string of the molecule is Cc1cccc(C)c1-n1nnnc1SCC(=O)c1ccc(Cl)cc1. The molecule has 0 saturated heterocycles. The van der Waals surface area contributed by atoms with Gasteiger partial charge in [-0.25, -0.2) is 0 Å². The highest BCUT2D eigenvalue weighted by Gasteiger charge is 2.15. The number of carbonyl (C=O) groups excluding carboxylic acids is 1. The lowest BCUT2D eigenvalue weighted by Crippen LogP contribution is -2.07. The van der Waals surface area contributed by atoms with E-state index in [1.54, 1.807) is 28.9 Å². The van der Waals surface area contributed by atoms with E-state index in [4.69, 9.17) is 11.6 Å². The van der Waals surface area contributed by atoms with Crippen LogP contribution in [0.5, 0.6) is 0 Å². The summed E-state index contributed by atoms with van der Waals surface area (Å²) in [7, 11) is 0. The van der Waals surface area contributed by atoms with E-state index in [-0.39, 0.29) is 11.5 Å². The van der Waals surface area contributed by atoms with E-state index in [2.05, 4.69) is 15.5 Å². The van der Waals surface area contributed by atoms with Crippen molar-refractivity contribution in [1.82, 2.24) is 20.2 Å². The minimum atomic E-state index is 0.00715. The molecule has 3 aromatic rings. The molecule has 0 atom stereocenters. The number of ketones is 1. The molecule has 0 aliphatic carbocycles. The first kappa shape index (κ1) is 16.7. The molecule has 0 unspecified atom stereocenters. The topological polar surface area (TPSA) is 60.7 Å². The van der Waals surface area contributed by atoms with Gasteiger partial charge in [0.2, 0.25) is 5.16 Å². The highest BCUT2D eigenvalue weighted by molar-refractivity contribution is 7.99. The van der Waals surface area contributed by atoms with E-state index >= 15 is 0 Å². The van der Waals surface area contributed by atoms with Crippen molar-refractivity contribution < 1.29 is 4.79 Å². The fourth-order valence-corrected chi connectivity index (χ4v) is 3.30. The summed E-state index contributed by atoms with van der Waals surface area (Å²) in [6, 6.07) is 12.9. The number of aryl methyl sites for hydroxylation is 2. The van der Waals surface area contributed by atoms with Gasteiger partial charge >= 0.3 is 0 Å². The number of para-hydroxylation sites is 1. The molecule has 5 nitrogen and oxygen atoms in total. The normalized spacial score (nSPS) is 10.8. The number of benzene rings is 2. The summed E-state index contributed by atoms with van der Waals surface area (Å²) in [6.07, 6.45) is 0. The number of nitrogens with zero attached hydrogens (tertiary/aromatic N) is 4. The van der Waals surface area contributed by atoms with E-state index < -0.39 is 0 Å². The molecule has 0 N–H and O–H groups in total. The molecule has 1 heterocycles. The van der Waals surface area contributed by atoms with Crippen molar-refractivity contribution in [2.45, 2.75) is 19.0 Å². The van der Waals surface area contributed by atoms with Gasteiger partial charge in [0.25, 0.3) is 0 Å². The van der Waals surface area contributed by atoms with E-state index in [0.29, 0.717) is 15.7 Å². The Labute approximate surface area is 149 Å². The zero-order valence-corrected chi connectivity index (χ0v) is 14.8. The molecular weight excluding hydrogens is 344 g/mol. The van der Waals surface area contributed by atoms with Crippen molar-refractivity contribution in [2.24, 2.45) is 0 Å². The number of aromatic nitrogens is 4. The minimum absolute atomic E-state index is 0.00715. The maximum Gasteiger partial charge on any atom is 0.214 e. The Morgan fingerprint density at radius 1 is 1.12 bits per heavy atom. The monoisotopic (exact) mass is 358 g/mol. The summed E-state index contributed by atoms with van der Waals surface area (Å²) in [5.41, 5.74) is 3.73. The molecule has 122 valence electrons. The molecule has 1 aromatic heterocycles. The first-order valence-electron chi connectivity index (χ1n) is 7.33. The van der Waals surface area contributed by atoms with Gasteiger partial charge in [-0.3, -0.25) is 4.79 Å². The average molecular weight is 359 g/mol. The summed E-state index contributed by atoms with van der Waals surface area (Å²) >= 11 is 7.16. The van der Waals surface area contributed by atoms with E-state index in [1.807, 2.05) is 32.0 Å². The molecule has 0 fully saturated rings. The van der Waals surface area contributed by atoms with Crippen LogP contribution in [0.25, 0.3) is 5.69 Å². The van der Waals surface area contributed by atoms with Crippen molar-refractivity contribution in [3.63, 3.8) is 0 Å². The standard InChI is InChI=1S/C17H15ClN4OS/c1-11-4-3-5-12(2)16(11)22-17(19-20-21-22)24-10-15(23)13-6-8-14(18)9-7-13/h3-9H,10H2,1-2H3. The molecule has 0 aliphatic heterocycles. The summed E-state index contributed by atoms with van der Waals surface area (Å²) in [5.74, 6) is 0.264. The lowest BCUT2D eigenvalue weighted by molar-refractivity contribution is 0.102. The van der Waals surface area contributed by atoms with E-state index in [9.17, 15) is 4.79 Å². The van der Waals surface area contributed by atoms with Gasteiger partial charge in [-0.15, -0.1) is 5.10 Å². The zero-order valence-electron chi connectivity index (χ0n) is 13.2. The summed E-state index contributed by atoms with van der Waals surface area (Å²) in [6.45, 7) is 4.02. The van der Waals surface area contributed by atoms with Crippen LogP contribution < -0.4 is 0 Å². The Bertz CT molecular complexity index is 856. The number of hydrogen-bond donors (Lipinski definition) is 0. The Hall–Kier alpha value is -2.18. The predicted octanol–water partition coefficient (Wildman–Crippen LogP) is 3.91. The Morgan fingerprint density at radius 3 is 2.46 bits per heavy atom. The van der Waals surface area contributed by atoms with Crippen LogP contribution in [0.2, 0.25) is 5.02 Å². The molecule has 0 aliphatic rings. The lowest BCUT2D eigenvalue weighted by atomic mass is 10.1. The number of tetrazole rings is 1. The number of Topliss-reactive ketones (excluding diaryl/α,β-unsaturated/α-hetero) is 1. The maximum atomic E-state index is 12.3. The van der Waals surface area contributed by atoms with Crippen LogP contribution in [0.3, 0.4) is 0 Å². The molecule has 0 bridgehead atoms. The van der Waals surface area contributed by atoms with Crippen LogP contribution in [0.15, 0.2) is 47.6 Å². The minimum Gasteiger partial charge on any atom is -0.293 e. The van der Waals surface area contributed by atoms with Crippen LogP contribution in [0.4, 0.5) is 0 Å². The number of hydrogen-bond acceptors (Lipinski definition) is 5. The number of carbonyl (C=O) groups is 1. The van der Waals surface area contributed by atoms with Crippen LogP contribution in [0, 0.1) is 13.8 Å². The predicted molar refractivity (Wildman–Crippen MR) is 95.1 cm³/mol. The third kappa shape index (κ3) is 3.49. The molecule has 0 saturated carbocycles. The van der Waals surface area contributed by atoms with Crippen molar-refractivity contribution in [2.75, 3.05) is 5.75 Å². The molecular formula is C17H15ClN4OS. The van der Waals surface area contributed by atoms with Gasteiger partial charge < -0.3 is 0 Å². The summed E-state index contributed by atoms with van der Waals surface area (Å²) in [4.78, 5) is 12.3. The number of rotatable bonds is 5. The van der Waals surface area contributed by atoms with Crippen LogP contribution >= 0.6 is 23.4 Å². The second-order valence-corrected chi connectivity index (χ2v) is 6.71. The van der Waals surface area contributed by atoms with E-state index in [0.717, 1.165) is 16.8 Å². The fourth-order valence-electron chi connectivity index (χ4n) is 2.40. The Morgan fingerprint density at radius 2 is 1.79 bits per heavy atom.